The van der Waals surface area contributed by atoms with Gasteiger partial charge in [-0.1, -0.05) is 30.3 Å². The number of nitrogens with one attached hydrogen (secondary N) is 1. The van der Waals surface area contributed by atoms with E-state index in [9.17, 15) is 9.59 Å². The maximum absolute atomic E-state index is 11.8. The molecule has 5 heteroatoms. The predicted octanol–water partition coefficient (Wildman–Crippen LogP) is 1.34. The molecule has 1 aromatic rings. The van der Waals surface area contributed by atoms with Gasteiger partial charge in [0.15, 0.2) is 0 Å². The molecule has 0 unspecified atom stereocenters. The highest BCUT2D eigenvalue weighted by molar-refractivity contribution is 5.84. The zero-order valence-corrected chi connectivity index (χ0v) is 10.6. The van der Waals surface area contributed by atoms with Gasteiger partial charge in [0.05, 0.1) is 0 Å². The number of nitrogens with zero attached hydrogens (tertiary/aromatic N) is 1. The highest BCUT2D eigenvalue weighted by Crippen LogP contribution is 2.01. The molecule has 1 aromatic carbocycles. The average molecular weight is 250 g/mol. The monoisotopic (exact) mass is 250 g/mol. The van der Waals surface area contributed by atoms with Crippen molar-refractivity contribution >= 4 is 12.0 Å². The molecule has 0 aliphatic heterocycles. The lowest BCUT2D eigenvalue weighted by Gasteiger charge is -2.21. The number of hydrogen-bond donors (Lipinski definition) is 2. The Hall–Kier alpha value is -2.04. The van der Waals surface area contributed by atoms with E-state index < -0.39 is 12.1 Å². The van der Waals surface area contributed by atoms with Gasteiger partial charge in [-0.3, -0.25) is 4.79 Å². The van der Waals surface area contributed by atoms with Crippen molar-refractivity contribution in [3.05, 3.63) is 35.9 Å². The van der Waals surface area contributed by atoms with Crippen molar-refractivity contribution in [1.82, 2.24) is 10.2 Å². The fourth-order valence-corrected chi connectivity index (χ4v) is 1.63. The molecule has 1 atom stereocenters. The molecule has 0 radical (unpaired) electrons. The van der Waals surface area contributed by atoms with Gasteiger partial charge in [0.2, 0.25) is 5.91 Å². The van der Waals surface area contributed by atoms with E-state index in [0.717, 1.165) is 12.0 Å². The van der Waals surface area contributed by atoms with E-state index in [2.05, 4.69) is 5.32 Å². The van der Waals surface area contributed by atoms with Gasteiger partial charge >= 0.3 is 6.09 Å². The lowest BCUT2D eigenvalue weighted by Crippen LogP contribution is -2.45. The number of carbonyl (C=O) groups excluding carboxylic acids is 1. The maximum atomic E-state index is 11.8. The first-order valence-electron chi connectivity index (χ1n) is 5.79. The minimum absolute atomic E-state index is 0.228. The van der Waals surface area contributed by atoms with E-state index >= 15 is 0 Å². The largest absolute Gasteiger partial charge is 0.465 e. The van der Waals surface area contributed by atoms with Crippen LogP contribution in [0.4, 0.5) is 4.79 Å². The Labute approximate surface area is 106 Å². The summed E-state index contributed by atoms with van der Waals surface area (Å²) in [5.74, 6) is -0.228. The van der Waals surface area contributed by atoms with Crippen molar-refractivity contribution in [2.24, 2.45) is 0 Å². The van der Waals surface area contributed by atoms with Gasteiger partial charge in [-0.15, -0.1) is 0 Å². The molecule has 2 N–H and O–H groups in total. The first-order valence-corrected chi connectivity index (χ1v) is 5.79. The lowest BCUT2D eigenvalue weighted by molar-refractivity contribution is -0.131. The molecule has 0 saturated heterocycles. The Morgan fingerprint density at radius 3 is 2.50 bits per heavy atom. The molecule has 0 aromatic heterocycles. The number of carbonyl (C=O) groups is 2. The van der Waals surface area contributed by atoms with Crippen molar-refractivity contribution in [2.75, 3.05) is 13.6 Å². The molecular weight excluding hydrogens is 232 g/mol. The highest BCUT2D eigenvalue weighted by Gasteiger charge is 2.18. The van der Waals surface area contributed by atoms with Crippen molar-refractivity contribution in [3.63, 3.8) is 0 Å². The average Bonchev–Trinajstić information content (AvgIpc) is 2.35. The number of hydrogen-bond acceptors (Lipinski definition) is 2. The van der Waals surface area contributed by atoms with E-state index in [-0.39, 0.29) is 5.91 Å². The van der Waals surface area contributed by atoms with Gasteiger partial charge < -0.3 is 15.3 Å². The molecule has 0 aliphatic carbocycles. The molecule has 18 heavy (non-hydrogen) atoms. The summed E-state index contributed by atoms with van der Waals surface area (Å²) in [6.07, 6.45) is -0.435. The van der Waals surface area contributed by atoms with Crippen molar-refractivity contribution < 1.29 is 14.7 Å². The summed E-state index contributed by atoms with van der Waals surface area (Å²) in [6, 6.07) is 9.12. The molecule has 0 aliphatic rings. The minimum atomic E-state index is -1.19. The SMILES string of the molecule is C[C@H](NC(=O)O)C(=O)N(C)CCc1ccccc1. The Bertz CT molecular complexity index is 406. The number of carboxylic acid groups (broad SMARTS) is 1. The number of rotatable bonds is 5. The third-order valence-electron chi connectivity index (χ3n) is 2.67. The fraction of sp³-hybridized carbons (Fsp3) is 0.385. The van der Waals surface area contributed by atoms with Crippen LogP contribution in [0.5, 0.6) is 0 Å². The second-order valence-electron chi connectivity index (χ2n) is 4.17. The highest BCUT2D eigenvalue weighted by atomic mass is 16.4. The van der Waals surface area contributed by atoms with Gasteiger partial charge in [0.1, 0.15) is 6.04 Å². The molecule has 98 valence electrons. The Balaban J connectivity index is 2.43. The smallest absolute Gasteiger partial charge is 0.405 e. The third kappa shape index (κ3) is 4.45. The first kappa shape index (κ1) is 14.0. The molecular formula is C13H18N2O3. The second kappa shape index (κ2) is 6.64. The zero-order valence-electron chi connectivity index (χ0n) is 10.6. The van der Waals surface area contributed by atoms with Gasteiger partial charge in [0.25, 0.3) is 0 Å². The fourth-order valence-electron chi connectivity index (χ4n) is 1.63. The van der Waals surface area contributed by atoms with Crippen LogP contribution in [-0.2, 0) is 11.2 Å². The summed E-state index contributed by atoms with van der Waals surface area (Å²) in [7, 11) is 1.67. The zero-order chi connectivity index (χ0) is 13.5. The molecule has 0 saturated carbocycles. The van der Waals surface area contributed by atoms with Crippen LogP contribution < -0.4 is 5.32 Å². The third-order valence-corrected chi connectivity index (χ3v) is 2.67. The van der Waals surface area contributed by atoms with E-state index in [1.165, 1.54) is 11.8 Å². The summed E-state index contributed by atoms with van der Waals surface area (Å²) in [4.78, 5) is 23.8. The van der Waals surface area contributed by atoms with Crippen LogP contribution in [0.15, 0.2) is 30.3 Å². The first-order chi connectivity index (χ1) is 8.50. The molecule has 0 fully saturated rings. The van der Waals surface area contributed by atoms with Gasteiger partial charge in [-0.25, -0.2) is 4.79 Å². The normalized spacial score (nSPS) is 11.7. The van der Waals surface area contributed by atoms with Crippen LogP contribution >= 0.6 is 0 Å². The standard InChI is InChI=1S/C13H18N2O3/c1-10(14-13(17)18)12(16)15(2)9-8-11-6-4-3-5-7-11/h3-7,10,14H,8-9H2,1-2H3,(H,17,18)/t10-/m0/s1. The predicted molar refractivity (Wildman–Crippen MR) is 68.4 cm³/mol. The lowest BCUT2D eigenvalue weighted by atomic mass is 10.1. The summed E-state index contributed by atoms with van der Waals surface area (Å²) in [5, 5.41) is 10.7. The summed E-state index contributed by atoms with van der Waals surface area (Å²) in [6.45, 7) is 2.10. The summed E-state index contributed by atoms with van der Waals surface area (Å²) >= 11 is 0. The molecule has 5 nitrogen and oxygen atoms in total. The summed E-state index contributed by atoms with van der Waals surface area (Å²) < 4.78 is 0. The van der Waals surface area contributed by atoms with Crippen LogP contribution in [0.25, 0.3) is 0 Å². The van der Waals surface area contributed by atoms with E-state index in [1.807, 2.05) is 30.3 Å². The van der Waals surface area contributed by atoms with Crippen LogP contribution in [0, 0.1) is 0 Å². The molecule has 1 rings (SSSR count). The van der Waals surface area contributed by atoms with Crippen LogP contribution in [-0.4, -0.2) is 41.6 Å². The Morgan fingerprint density at radius 1 is 1.33 bits per heavy atom. The van der Waals surface area contributed by atoms with Crippen molar-refractivity contribution in [2.45, 2.75) is 19.4 Å². The summed E-state index contributed by atoms with van der Waals surface area (Å²) in [5.41, 5.74) is 1.15. The van der Waals surface area contributed by atoms with Gasteiger partial charge in [-0.05, 0) is 18.9 Å². The van der Waals surface area contributed by atoms with E-state index in [1.54, 1.807) is 7.05 Å². The minimum Gasteiger partial charge on any atom is -0.465 e. The van der Waals surface area contributed by atoms with E-state index in [0.29, 0.717) is 6.54 Å². The Morgan fingerprint density at radius 2 is 1.94 bits per heavy atom. The second-order valence-corrected chi connectivity index (χ2v) is 4.17. The maximum Gasteiger partial charge on any atom is 0.405 e. The van der Waals surface area contributed by atoms with Crippen LogP contribution in [0.1, 0.15) is 12.5 Å². The Kier molecular flexibility index (Phi) is 5.17. The number of amides is 2. The van der Waals surface area contributed by atoms with Crippen molar-refractivity contribution in [3.8, 4) is 0 Å². The quantitative estimate of drug-likeness (QED) is 0.828. The van der Waals surface area contributed by atoms with E-state index in [4.69, 9.17) is 5.11 Å². The molecule has 0 bridgehead atoms. The van der Waals surface area contributed by atoms with Crippen LogP contribution in [0.2, 0.25) is 0 Å². The van der Waals surface area contributed by atoms with Crippen molar-refractivity contribution in [1.29, 1.82) is 0 Å². The van der Waals surface area contributed by atoms with Gasteiger partial charge in [-0.2, -0.15) is 0 Å². The molecule has 0 heterocycles. The number of benzene rings is 1. The topological polar surface area (TPSA) is 69.6 Å². The molecule has 2 amide bonds. The van der Waals surface area contributed by atoms with Crippen LogP contribution in [0.3, 0.4) is 0 Å². The number of likely N-dealkylation sites (N-methyl/N-ethyl adjacent to an activating group) is 1. The molecule has 0 spiro atoms. The van der Waals surface area contributed by atoms with Gasteiger partial charge in [0, 0.05) is 13.6 Å².